The van der Waals surface area contributed by atoms with E-state index < -0.39 is 5.97 Å². The zero-order valence-electron chi connectivity index (χ0n) is 10.1. The summed E-state index contributed by atoms with van der Waals surface area (Å²) in [5.74, 6) is 0.0925. The first-order valence-corrected chi connectivity index (χ1v) is 5.76. The maximum Gasteiger partial charge on any atom is 0.303 e. The van der Waals surface area contributed by atoms with Crippen LogP contribution in [0, 0.1) is 6.92 Å². The number of hydrogen-bond donors (Lipinski definition) is 2. The highest BCUT2D eigenvalue weighted by Crippen LogP contribution is 2.37. The second-order valence-corrected chi connectivity index (χ2v) is 4.42. The highest BCUT2D eigenvalue weighted by Gasteiger charge is 2.25. The molecule has 0 aliphatic carbocycles. The lowest BCUT2D eigenvalue weighted by atomic mass is 10.0. The van der Waals surface area contributed by atoms with Crippen molar-refractivity contribution in [3.8, 4) is 5.75 Å². The van der Waals surface area contributed by atoms with Crippen LogP contribution in [0.4, 0.5) is 5.69 Å². The molecule has 0 saturated carbocycles. The molecule has 17 heavy (non-hydrogen) atoms. The predicted molar refractivity (Wildman–Crippen MR) is 65.7 cm³/mol. The van der Waals surface area contributed by atoms with E-state index in [-0.39, 0.29) is 12.5 Å². The average Bonchev–Trinajstić information content (AvgIpc) is 2.72. The number of carboxylic acids is 1. The first-order valence-electron chi connectivity index (χ1n) is 5.76. The van der Waals surface area contributed by atoms with E-state index in [1.165, 1.54) is 11.1 Å². The molecule has 1 aliphatic rings. The van der Waals surface area contributed by atoms with Crippen molar-refractivity contribution in [1.29, 1.82) is 0 Å². The molecule has 92 valence electrons. The SMILES string of the molecule is COc1ccc(C)c2c1NC(CCC(=O)O)C2. The molecular weight excluding hydrogens is 218 g/mol. The first kappa shape index (κ1) is 11.8. The molecule has 2 rings (SSSR count). The number of carboxylic acid groups (broad SMARTS) is 1. The Kier molecular flexibility index (Phi) is 3.22. The number of hydrogen-bond acceptors (Lipinski definition) is 3. The quantitative estimate of drug-likeness (QED) is 0.840. The van der Waals surface area contributed by atoms with Gasteiger partial charge in [0.15, 0.2) is 0 Å². The van der Waals surface area contributed by atoms with Gasteiger partial charge in [0, 0.05) is 12.5 Å². The average molecular weight is 235 g/mol. The summed E-state index contributed by atoms with van der Waals surface area (Å²) >= 11 is 0. The summed E-state index contributed by atoms with van der Waals surface area (Å²) in [4.78, 5) is 10.6. The van der Waals surface area contributed by atoms with E-state index in [2.05, 4.69) is 12.2 Å². The summed E-state index contributed by atoms with van der Waals surface area (Å²) in [5, 5.41) is 12.1. The number of aliphatic carboxylic acids is 1. The van der Waals surface area contributed by atoms with Crippen molar-refractivity contribution < 1.29 is 14.6 Å². The summed E-state index contributed by atoms with van der Waals surface area (Å²) in [6, 6.07) is 4.19. The first-order chi connectivity index (χ1) is 8.11. The van der Waals surface area contributed by atoms with E-state index in [0.717, 1.165) is 17.9 Å². The molecule has 1 aliphatic heterocycles. The molecule has 0 amide bonds. The number of aryl methyl sites for hydroxylation is 1. The van der Waals surface area contributed by atoms with Gasteiger partial charge in [-0.15, -0.1) is 0 Å². The van der Waals surface area contributed by atoms with Crippen LogP contribution in [-0.4, -0.2) is 24.2 Å². The van der Waals surface area contributed by atoms with Gasteiger partial charge < -0.3 is 15.2 Å². The molecule has 1 aromatic rings. The molecule has 0 saturated heterocycles. The highest BCUT2D eigenvalue weighted by molar-refractivity contribution is 5.69. The number of nitrogens with one attached hydrogen (secondary N) is 1. The van der Waals surface area contributed by atoms with Crippen molar-refractivity contribution in [2.24, 2.45) is 0 Å². The molecule has 4 heteroatoms. The fourth-order valence-electron chi connectivity index (χ4n) is 2.30. The lowest BCUT2D eigenvalue weighted by Gasteiger charge is -2.11. The number of anilines is 1. The third-order valence-electron chi connectivity index (χ3n) is 3.23. The van der Waals surface area contributed by atoms with Gasteiger partial charge in [-0.1, -0.05) is 6.07 Å². The standard InChI is InChI=1S/C13H17NO3/c1-8-3-5-11(17-2)13-10(8)7-9(14-13)4-6-12(15)16/h3,5,9,14H,4,6-7H2,1-2H3,(H,15,16). The normalized spacial score (nSPS) is 17.4. The van der Waals surface area contributed by atoms with Crippen molar-refractivity contribution in [3.05, 3.63) is 23.3 Å². The summed E-state index contributed by atoms with van der Waals surface area (Å²) in [7, 11) is 1.65. The molecule has 1 unspecified atom stereocenters. The minimum Gasteiger partial charge on any atom is -0.495 e. The van der Waals surface area contributed by atoms with Gasteiger partial charge in [0.25, 0.3) is 0 Å². The Morgan fingerprint density at radius 2 is 2.35 bits per heavy atom. The summed E-state index contributed by atoms with van der Waals surface area (Å²) in [6.45, 7) is 2.07. The zero-order chi connectivity index (χ0) is 12.4. The Labute approximate surface area is 101 Å². The van der Waals surface area contributed by atoms with Crippen LogP contribution < -0.4 is 10.1 Å². The van der Waals surface area contributed by atoms with Crippen molar-refractivity contribution in [2.75, 3.05) is 12.4 Å². The van der Waals surface area contributed by atoms with E-state index in [9.17, 15) is 4.79 Å². The number of benzene rings is 1. The Morgan fingerprint density at radius 3 is 3.00 bits per heavy atom. The fourth-order valence-corrected chi connectivity index (χ4v) is 2.30. The smallest absolute Gasteiger partial charge is 0.303 e. The Bertz CT molecular complexity index is 443. The van der Waals surface area contributed by atoms with E-state index >= 15 is 0 Å². The second kappa shape index (κ2) is 4.65. The van der Waals surface area contributed by atoms with E-state index in [1.807, 2.05) is 12.1 Å². The zero-order valence-corrected chi connectivity index (χ0v) is 10.1. The molecular formula is C13H17NO3. The van der Waals surface area contributed by atoms with Crippen LogP contribution in [0.2, 0.25) is 0 Å². The van der Waals surface area contributed by atoms with Crippen LogP contribution in [0.1, 0.15) is 24.0 Å². The van der Waals surface area contributed by atoms with E-state index in [1.54, 1.807) is 7.11 Å². The van der Waals surface area contributed by atoms with Crippen molar-refractivity contribution >= 4 is 11.7 Å². The van der Waals surface area contributed by atoms with Gasteiger partial charge in [-0.2, -0.15) is 0 Å². The Hall–Kier alpha value is -1.71. The number of ether oxygens (including phenoxy) is 1. The van der Waals surface area contributed by atoms with Gasteiger partial charge in [0.1, 0.15) is 5.75 Å². The van der Waals surface area contributed by atoms with Crippen LogP contribution in [0.3, 0.4) is 0 Å². The number of fused-ring (bicyclic) bond motifs is 1. The second-order valence-electron chi connectivity index (χ2n) is 4.42. The minimum absolute atomic E-state index is 0.201. The third kappa shape index (κ3) is 2.35. The minimum atomic E-state index is -0.744. The number of carbonyl (C=O) groups is 1. The molecule has 0 radical (unpaired) electrons. The summed E-state index contributed by atoms with van der Waals surface area (Å²) < 4.78 is 5.31. The summed E-state index contributed by atoms with van der Waals surface area (Å²) in [5.41, 5.74) is 3.51. The molecule has 0 fully saturated rings. The monoisotopic (exact) mass is 235 g/mol. The van der Waals surface area contributed by atoms with Gasteiger partial charge in [-0.3, -0.25) is 4.79 Å². The maximum absolute atomic E-state index is 10.6. The van der Waals surface area contributed by atoms with Gasteiger partial charge in [0.05, 0.1) is 12.8 Å². The highest BCUT2D eigenvalue weighted by atomic mass is 16.5. The van der Waals surface area contributed by atoms with Gasteiger partial charge >= 0.3 is 5.97 Å². The molecule has 2 N–H and O–H groups in total. The van der Waals surface area contributed by atoms with E-state index in [4.69, 9.17) is 9.84 Å². The van der Waals surface area contributed by atoms with Crippen molar-refractivity contribution in [1.82, 2.24) is 0 Å². The molecule has 0 bridgehead atoms. The van der Waals surface area contributed by atoms with Gasteiger partial charge in [-0.05, 0) is 37.0 Å². The number of rotatable bonds is 4. The molecule has 0 spiro atoms. The Balaban J connectivity index is 2.15. The van der Waals surface area contributed by atoms with Crippen LogP contribution >= 0.6 is 0 Å². The van der Waals surface area contributed by atoms with Crippen LogP contribution in [0.15, 0.2) is 12.1 Å². The number of methoxy groups -OCH3 is 1. The van der Waals surface area contributed by atoms with Crippen LogP contribution in [-0.2, 0) is 11.2 Å². The molecule has 4 nitrogen and oxygen atoms in total. The summed E-state index contributed by atoms with van der Waals surface area (Å²) in [6.07, 6.45) is 1.73. The molecule has 1 aromatic carbocycles. The fraction of sp³-hybridized carbons (Fsp3) is 0.462. The predicted octanol–water partition coefficient (Wildman–Crippen LogP) is 2.21. The molecule has 1 atom stereocenters. The van der Waals surface area contributed by atoms with Gasteiger partial charge in [0.2, 0.25) is 0 Å². The topological polar surface area (TPSA) is 58.6 Å². The third-order valence-corrected chi connectivity index (χ3v) is 3.23. The lowest BCUT2D eigenvalue weighted by molar-refractivity contribution is -0.137. The van der Waals surface area contributed by atoms with Crippen LogP contribution in [0.25, 0.3) is 0 Å². The van der Waals surface area contributed by atoms with Crippen LogP contribution in [0.5, 0.6) is 5.75 Å². The largest absolute Gasteiger partial charge is 0.495 e. The van der Waals surface area contributed by atoms with Gasteiger partial charge in [-0.25, -0.2) is 0 Å². The van der Waals surface area contributed by atoms with Crippen molar-refractivity contribution in [2.45, 2.75) is 32.2 Å². The Morgan fingerprint density at radius 1 is 1.59 bits per heavy atom. The maximum atomic E-state index is 10.6. The van der Waals surface area contributed by atoms with E-state index in [0.29, 0.717) is 6.42 Å². The lowest BCUT2D eigenvalue weighted by Crippen LogP contribution is -2.16. The van der Waals surface area contributed by atoms with Crippen molar-refractivity contribution in [3.63, 3.8) is 0 Å². The molecule has 0 aromatic heterocycles. The molecule has 1 heterocycles.